The summed E-state index contributed by atoms with van der Waals surface area (Å²) in [4.78, 5) is 14.1. The lowest BCUT2D eigenvalue weighted by Crippen LogP contribution is -2.43. The third kappa shape index (κ3) is 2.49. The van der Waals surface area contributed by atoms with E-state index >= 15 is 0 Å². The van der Waals surface area contributed by atoms with Crippen molar-refractivity contribution in [3.8, 4) is 6.07 Å². The highest BCUT2D eigenvalue weighted by Gasteiger charge is 2.28. The van der Waals surface area contributed by atoms with Gasteiger partial charge < -0.3 is 4.90 Å². The molecule has 0 aliphatic carbocycles. The molecule has 0 bridgehead atoms. The Hall–Kier alpha value is -1.53. The first-order valence-electron chi connectivity index (χ1n) is 6.10. The van der Waals surface area contributed by atoms with Gasteiger partial charge in [0.25, 0.3) is 5.91 Å². The Morgan fingerprint density at radius 1 is 1.50 bits per heavy atom. The number of rotatable bonds is 1. The number of carbonyl (C=O) groups is 1. The number of nitriles is 1. The van der Waals surface area contributed by atoms with Crippen LogP contribution in [0.1, 0.15) is 35.2 Å². The van der Waals surface area contributed by atoms with Crippen LogP contribution in [-0.2, 0) is 0 Å². The molecule has 1 atom stereocenters. The quantitative estimate of drug-likeness (QED) is 0.780. The molecule has 1 unspecified atom stereocenters. The number of piperidine rings is 1. The van der Waals surface area contributed by atoms with Crippen molar-refractivity contribution < 1.29 is 4.79 Å². The summed E-state index contributed by atoms with van der Waals surface area (Å²) in [7, 11) is 0. The third-order valence-corrected chi connectivity index (χ3v) is 3.58. The van der Waals surface area contributed by atoms with Crippen molar-refractivity contribution in [2.45, 2.75) is 32.2 Å². The van der Waals surface area contributed by atoms with Crippen molar-refractivity contribution in [2.75, 3.05) is 6.54 Å². The number of halogens is 1. The molecule has 4 heteroatoms. The van der Waals surface area contributed by atoms with E-state index in [0.29, 0.717) is 17.1 Å². The van der Waals surface area contributed by atoms with Crippen molar-refractivity contribution in [3.63, 3.8) is 0 Å². The summed E-state index contributed by atoms with van der Waals surface area (Å²) in [6.45, 7) is 2.54. The van der Waals surface area contributed by atoms with Crippen molar-refractivity contribution in [2.24, 2.45) is 0 Å². The Balaban J connectivity index is 2.30. The largest absolute Gasteiger partial charge is 0.323 e. The summed E-state index contributed by atoms with van der Waals surface area (Å²) in [5.74, 6) is -0.0822. The average molecular weight is 263 g/mol. The fraction of sp³-hybridized carbons (Fsp3) is 0.429. The Labute approximate surface area is 112 Å². The monoisotopic (exact) mass is 262 g/mol. The Bertz CT molecular complexity index is 507. The Morgan fingerprint density at radius 2 is 2.28 bits per heavy atom. The maximum Gasteiger partial charge on any atom is 0.255 e. The van der Waals surface area contributed by atoms with E-state index in [4.69, 9.17) is 16.9 Å². The van der Waals surface area contributed by atoms with Gasteiger partial charge in [-0.25, -0.2) is 0 Å². The molecular weight excluding hydrogens is 248 g/mol. The van der Waals surface area contributed by atoms with Crippen LogP contribution in [0.15, 0.2) is 18.2 Å². The lowest BCUT2D eigenvalue weighted by atomic mass is 10.0. The number of nitrogens with zero attached hydrogens (tertiary/aromatic N) is 2. The normalized spacial score (nSPS) is 19.4. The van der Waals surface area contributed by atoms with Crippen LogP contribution in [0.25, 0.3) is 0 Å². The van der Waals surface area contributed by atoms with Gasteiger partial charge >= 0.3 is 0 Å². The molecule has 0 spiro atoms. The van der Waals surface area contributed by atoms with Gasteiger partial charge in [0.15, 0.2) is 0 Å². The van der Waals surface area contributed by atoms with Gasteiger partial charge in [0.1, 0.15) is 6.04 Å². The van der Waals surface area contributed by atoms with Crippen LogP contribution < -0.4 is 0 Å². The maximum absolute atomic E-state index is 12.5. The zero-order chi connectivity index (χ0) is 13.1. The highest BCUT2D eigenvalue weighted by Crippen LogP contribution is 2.22. The third-order valence-electron chi connectivity index (χ3n) is 3.34. The molecule has 1 saturated heterocycles. The van der Waals surface area contributed by atoms with E-state index in [-0.39, 0.29) is 11.9 Å². The van der Waals surface area contributed by atoms with Crippen molar-refractivity contribution in [1.29, 1.82) is 5.26 Å². The molecule has 1 fully saturated rings. The number of amides is 1. The Morgan fingerprint density at radius 3 is 3.00 bits per heavy atom. The standard InChI is InChI=1S/C14H15ClN2O/c1-10-5-6-11(15)8-13(10)14(18)17-7-3-2-4-12(17)9-16/h5-6,8,12H,2-4,7H2,1H3. The molecular formula is C14H15ClN2O. The van der Waals surface area contributed by atoms with Gasteiger partial charge in [-0.05, 0) is 43.9 Å². The minimum absolute atomic E-state index is 0.0822. The van der Waals surface area contributed by atoms with Crippen LogP contribution >= 0.6 is 11.6 Å². The number of likely N-dealkylation sites (tertiary alicyclic amines) is 1. The minimum Gasteiger partial charge on any atom is -0.323 e. The average Bonchev–Trinajstić information content (AvgIpc) is 2.40. The summed E-state index contributed by atoms with van der Waals surface area (Å²) in [6, 6.07) is 7.20. The van der Waals surface area contributed by atoms with E-state index in [0.717, 1.165) is 24.8 Å². The van der Waals surface area contributed by atoms with E-state index in [9.17, 15) is 4.79 Å². The zero-order valence-electron chi connectivity index (χ0n) is 10.3. The summed E-state index contributed by atoms with van der Waals surface area (Å²) >= 11 is 5.93. The van der Waals surface area contributed by atoms with Crippen LogP contribution in [0, 0.1) is 18.3 Å². The molecule has 2 rings (SSSR count). The number of hydrogen-bond donors (Lipinski definition) is 0. The topological polar surface area (TPSA) is 44.1 Å². The lowest BCUT2D eigenvalue weighted by molar-refractivity contribution is 0.0670. The van der Waals surface area contributed by atoms with Gasteiger partial charge in [0.2, 0.25) is 0 Å². The molecule has 1 aromatic rings. The second-order valence-electron chi connectivity index (χ2n) is 4.60. The zero-order valence-corrected chi connectivity index (χ0v) is 11.1. The molecule has 94 valence electrons. The Kier molecular flexibility index (Phi) is 3.88. The van der Waals surface area contributed by atoms with Crippen LogP contribution in [0.4, 0.5) is 0 Å². The smallest absolute Gasteiger partial charge is 0.255 e. The van der Waals surface area contributed by atoms with Crippen LogP contribution in [-0.4, -0.2) is 23.4 Å². The van der Waals surface area contributed by atoms with E-state index in [1.807, 2.05) is 13.0 Å². The molecule has 0 radical (unpaired) electrons. The first-order chi connectivity index (χ1) is 8.63. The summed E-state index contributed by atoms with van der Waals surface area (Å²) in [5.41, 5.74) is 1.50. The molecule has 1 amide bonds. The fourth-order valence-corrected chi connectivity index (χ4v) is 2.46. The second-order valence-corrected chi connectivity index (χ2v) is 5.03. The van der Waals surface area contributed by atoms with Gasteiger partial charge in [-0.1, -0.05) is 17.7 Å². The first kappa shape index (κ1) is 12.9. The van der Waals surface area contributed by atoms with Crippen LogP contribution in [0.2, 0.25) is 5.02 Å². The number of hydrogen-bond acceptors (Lipinski definition) is 2. The molecule has 0 N–H and O–H groups in total. The molecule has 18 heavy (non-hydrogen) atoms. The van der Waals surface area contributed by atoms with E-state index in [2.05, 4.69) is 6.07 Å². The molecule has 0 aromatic heterocycles. The van der Waals surface area contributed by atoms with Crippen LogP contribution in [0.3, 0.4) is 0 Å². The first-order valence-corrected chi connectivity index (χ1v) is 6.48. The van der Waals surface area contributed by atoms with E-state index in [1.165, 1.54) is 0 Å². The second kappa shape index (κ2) is 5.41. The molecule has 1 aliphatic rings. The number of aryl methyl sites for hydroxylation is 1. The SMILES string of the molecule is Cc1ccc(Cl)cc1C(=O)N1CCCCC1C#N. The predicted molar refractivity (Wildman–Crippen MR) is 70.5 cm³/mol. The molecule has 1 aliphatic heterocycles. The van der Waals surface area contributed by atoms with Crippen molar-refractivity contribution in [1.82, 2.24) is 4.90 Å². The summed E-state index contributed by atoms with van der Waals surface area (Å²) < 4.78 is 0. The van der Waals surface area contributed by atoms with E-state index in [1.54, 1.807) is 17.0 Å². The van der Waals surface area contributed by atoms with Gasteiger partial charge in [-0.2, -0.15) is 5.26 Å². The van der Waals surface area contributed by atoms with Gasteiger partial charge in [-0.3, -0.25) is 4.79 Å². The molecule has 0 saturated carbocycles. The van der Waals surface area contributed by atoms with Crippen LogP contribution in [0.5, 0.6) is 0 Å². The maximum atomic E-state index is 12.5. The van der Waals surface area contributed by atoms with Crippen molar-refractivity contribution >= 4 is 17.5 Å². The summed E-state index contributed by atoms with van der Waals surface area (Å²) in [5, 5.41) is 9.66. The predicted octanol–water partition coefficient (Wildman–Crippen LogP) is 3.17. The van der Waals surface area contributed by atoms with Gasteiger partial charge in [0.05, 0.1) is 6.07 Å². The summed E-state index contributed by atoms with van der Waals surface area (Å²) in [6.07, 6.45) is 2.74. The van der Waals surface area contributed by atoms with Gasteiger partial charge in [-0.15, -0.1) is 0 Å². The van der Waals surface area contributed by atoms with Crippen molar-refractivity contribution in [3.05, 3.63) is 34.3 Å². The highest BCUT2D eigenvalue weighted by molar-refractivity contribution is 6.31. The number of carbonyl (C=O) groups excluding carboxylic acids is 1. The molecule has 1 heterocycles. The molecule has 1 aromatic carbocycles. The number of benzene rings is 1. The van der Waals surface area contributed by atoms with E-state index < -0.39 is 0 Å². The fourth-order valence-electron chi connectivity index (χ4n) is 2.29. The lowest BCUT2D eigenvalue weighted by Gasteiger charge is -2.31. The highest BCUT2D eigenvalue weighted by atomic mass is 35.5. The minimum atomic E-state index is -0.301. The molecule has 3 nitrogen and oxygen atoms in total. The van der Waals surface area contributed by atoms with Gasteiger partial charge in [0, 0.05) is 17.1 Å².